The summed E-state index contributed by atoms with van der Waals surface area (Å²) in [5.41, 5.74) is -0.883. The molecule has 4 heteroatoms. The van der Waals surface area contributed by atoms with Gasteiger partial charge in [0.15, 0.2) is 5.60 Å². The van der Waals surface area contributed by atoms with Gasteiger partial charge in [-0.05, 0) is 18.4 Å². The molecule has 0 aliphatic rings. The van der Waals surface area contributed by atoms with Gasteiger partial charge in [-0.1, -0.05) is 30.3 Å². The van der Waals surface area contributed by atoms with Gasteiger partial charge in [-0.15, -0.1) is 11.8 Å². The molecular formula is C18H21NO3. The molecule has 4 nitrogen and oxygen atoms in total. The Balaban J connectivity index is 2.30. The molecule has 0 saturated carbocycles. The third kappa shape index (κ3) is 6.43. The molecule has 0 radical (unpaired) electrons. The summed E-state index contributed by atoms with van der Waals surface area (Å²) < 4.78 is 4.82. The summed E-state index contributed by atoms with van der Waals surface area (Å²) in [7, 11) is 0. The first kappa shape index (κ1) is 17.8. The van der Waals surface area contributed by atoms with Crippen LogP contribution in [0, 0.1) is 23.2 Å². The number of carbonyl (C=O) groups is 1. The first-order valence-electron chi connectivity index (χ1n) is 7.37. The summed E-state index contributed by atoms with van der Waals surface area (Å²) >= 11 is 0. The summed E-state index contributed by atoms with van der Waals surface area (Å²) in [5, 5.41) is 19.5. The lowest BCUT2D eigenvalue weighted by molar-refractivity contribution is -0.141. The molecule has 1 atom stereocenters. The highest BCUT2D eigenvalue weighted by Gasteiger charge is 2.27. The molecule has 0 heterocycles. The highest BCUT2D eigenvalue weighted by Crippen LogP contribution is 2.25. The molecule has 0 aliphatic heterocycles. The van der Waals surface area contributed by atoms with Crippen molar-refractivity contribution < 1.29 is 14.6 Å². The molecule has 0 aromatic heterocycles. The molecule has 22 heavy (non-hydrogen) atoms. The van der Waals surface area contributed by atoms with Crippen LogP contribution >= 0.6 is 0 Å². The Morgan fingerprint density at radius 1 is 1.23 bits per heavy atom. The van der Waals surface area contributed by atoms with Crippen molar-refractivity contribution in [1.29, 1.82) is 5.26 Å². The number of nitrogens with zero attached hydrogens (tertiary/aromatic N) is 1. The molecule has 0 spiro atoms. The van der Waals surface area contributed by atoms with E-state index in [9.17, 15) is 15.2 Å². The molecule has 0 amide bonds. The normalized spacial score (nSPS) is 12.4. The summed E-state index contributed by atoms with van der Waals surface area (Å²) in [6, 6.07) is 10.9. The van der Waals surface area contributed by atoms with E-state index in [1.165, 1.54) is 6.92 Å². The lowest BCUT2D eigenvalue weighted by Gasteiger charge is -2.19. The van der Waals surface area contributed by atoms with Crippen molar-refractivity contribution in [2.75, 3.05) is 6.61 Å². The van der Waals surface area contributed by atoms with E-state index in [0.29, 0.717) is 18.6 Å². The van der Waals surface area contributed by atoms with Gasteiger partial charge in [0.2, 0.25) is 0 Å². The molecule has 0 bridgehead atoms. The van der Waals surface area contributed by atoms with E-state index in [4.69, 9.17) is 4.74 Å². The van der Waals surface area contributed by atoms with Crippen molar-refractivity contribution in [1.82, 2.24) is 0 Å². The molecule has 1 aromatic rings. The van der Waals surface area contributed by atoms with Crippen LogP contribution in [0.25, 0.3) is 0 Å². The third-order valence-electron chi connectivity index (χ3n) is 3.17. The van der Waals surface area contributed by atoms with Crippen LogP contribution < -0.4 is 0 Å². The van der Waals surface area contributed by atoms with Crippen LogP contribution in [0.1, 0.15) is 44.6 Å². The maximum absolute atomic E-state index is 10.6. The van der Waals surface area contributed by atoms with Crippen LogP contribution in [-0.2, 0) is 15.1 Å². The van der Waals surface area contributed by atoms with Crippen LogP contribution in [0.5, 0.6) is 0 Å². The lowest BCUT2D eigenvalue weighted by Crippen LogP contribution is -2.22. The second-order valence-electron chi connectivity index (χ2n) is 4.99. The van der Waals surface area contributed by atoms with E-state index < -0.39 is 5.60 Å². The fraction of sp³-hybridized carbons (Fsp3) is 0.444. The van der Waals surface area contributed by atoms with Crippen LogP contribution in [0.15, 0.2) is 30.3 Å². The Kier molecular flexibility index (Phi) is 7.75. The zero-order valence-corrected chi connectivity index (χ0v) is 12.8. The smallest absolute Gasteiger partial charge is 0.302 e. The van der Waals surface area contributed by atoms with Crippen LogP contribution in [0.2, 0.25) is 0 Å². The molecule has 1 N–H and O–H groups in total. The van der Waals surface area contributed by atoms with Gasteiger partial charge in [0.05, 0.1) is 6.61 Å². The van der Waals surface area contributed by atoms with Crippen LogP contribution in [0.3, 0.4) is 0 Å². The van der Waals surface area contributed by atoms with Crippen molar-refractivity contribution >= 4 is 5.97 Å². The van der Waals surface area contributed by atoms with Gasteiger partial charge in [0, 0.05) is 26.2 Å². The Hall–Kier alpha value is -2.30. The van der Waals surface area contributed by atoms with Crippen molar-refractivity contribution in [3.8, 4) is 17.9 Å². The maximum atomic E-state index is 10.6. The number of aliphatic hydroxyl groups is 1. The van der Waals surface area contributed by atoms with E-state index >= 15 is 0 Å². The number of esters is 1. The average Bonchev–Trinajstić information content (AvgIpc) is 2.53. The number of carbonyl (C=O) groups excluding carboxylic acids is 1. The van der Waals surface area contributed by atoms with Gasteiger partial charge in [0.25, 0.3) is 0 Å². The van der Waals surface area contributed by atoms with Gasteiger partial charge in [-0.3, -0.25) is 4.79 Å². The summed E-state index contributed by atoms with van der Waals surface area (Å²) in [6.07, 6.45) is 3.12. The van der Waals surface area contributed by atoms with Crippen LogP contribution in [0.4, 0.5) is 0 Å². The molecule has 1 rings (SSSR count). The van der Waals surface area contributed by atoms with Gasteiger partial charge in [0.1, 0.15) is 6.07 Å². The minimum Gasteiger partial charge on any atom is -0.466 e. The molecule has 0 fully saturated rings. The maximum Gasteiger partial charge on any atom is 0.302 e. The van der Waals surface area contributed by atoms with E-state index in [0.717, 1.165) is 19.3 Å². The van der Waals surface area contributed by atoms with Gasteiger partial charge in [-0.2, -0.15) is 5.26 Å². The van der Waals surface area contributed by atoms with Gasteiger partial charge < -0.3 is 9.84 Å². The van der Waals surface area contributed by atoms with Crippen LogP contribution in [-0.4, -0.2) is 17.7 Å². The number of rotatable bonds is 7. The summed E-state index contributed by atoms with van der Waals surface area (Å²) in [4.78, 5) is 10.6. The highest BCUT2D eigenvalue weighted by molar-refractivity contribution is 5.65. The summed E-state index contributed by atoms with van der Waals surface area (Å²) in [6.45, 7) is 1.82. The number of unbranched alkanes of at least 4 members (excludes halogenated alkanes) is 2. The van der Waals surface area contributed by atoms with E-state index in [-0.39, 0.29) is 12.4 Å². The number of hydrogen-bond donors (Lipinski definition) is 1. The monoisotopic (exact) mass is 299 g/mol. The predicted molar refractivity (Wildman–Crippen MR) is 83.4 cm³/mol. The number of ether oxygens (including phenoxy) is 1. The Labute approximate surface area is 131 Å². The van der Waals surface area contributed by atoms with Crippen molar-refractivity contribution in [3.05, 3.63) is 35.9 Å². The molecule has 0 aliphatic carbocycles. The first-order chi connectivity index (χ1) is 10.6. The van der Waals surface area contributed by atoms with Crippen molar-refractivity contribution in [2.24, 2.45) is 0 Å². The topological polar surface area (TPSA) is 70.3 Å². The fourth-order valence-electron chi connectivity index (χ4n) is 1.93. The Morgan fingerprint density at radius 2 is 1.91 bits per heavy atom. The zero-order valence-electron chi connectivity index (χ0n) is 12.8. The molecular weight excluding hydrogens is 278 g/mol. The first-order valence-corrected chi connectivity index (χ1v) is 7.37. The highest BCUT2D eigenvalue weighted by atomic mass is 16.5. The Morgan fingerprint density at radius 3 is 2.55 bits per heavy atom. The number of hydrogen-bond acceptors (Lipinski definition) is 4. The average molecular weight is 299 g/mol. The third-order valence-corrected chi connectivity index (χ3v) is 3.17. The Bertz CT molecular complexity index is 565. The van der Waals surface area contributed by atoms with E-state index in [1.54, 1.807) is 24.3 Å². The quantitative estimate of drug-likeness (QED) is 0.364. The van der Waals surface area contributed by atoms with Crippen molar-refractivity contribution in [3.63, 3.8) is 0 Å². The molecule has 1 aromatic carbocycles. The fourth-order valence-corrected chi connectivity index (χ4v) is 1.93. The molecule has 116 valence electrons. The minimum atomic E-state index is -1.48. The lowest BCUT2D eigenvalue weighted by atomic mass is 9.91. The number of nitriles is 1. The van der Waals surface area contributed by atoms with E-state index in [1.807, 2.05) is 12.1 Å². The minimum absolute atomic E-state index is 0.261. The van der Waals surface area contributed by atoms with Gasteiger partial charge >= 0.3 is 5.97 Å². The predicted octanol–water partition coefficient (Wildman–Crippen LogP) is 2.91. The van der Waals surface area contributed by atoms with Gasteiger partial charge in [-0.25, -0.2) is 0 Å². The number of benzene rings is 1. The largest absolute Gasteiger partial charge is 0.466 e. The zero-order chi connectivity index (χ0) is 16.3. The molecule has 0 saturated heterocycles. The van der Waals surface area contributed by atoms with Crippen molar-refractivity contribution in [2.45, 2.75) is 44.6 Å². The second kappa shape index (κ2) is 9.60. The standard InChI is InChI=1S/C18H21NO3/c1-16(20)22-14-10-5-3-2-4-9-13-18(21,15-19)17-11-7-6-8-12-17/h6-8,11-12,21H,3,5,9-10,13-14H2,1H3. The summed E-state index contributed by atoms with van der Waals surface area (Å²) in [5.74, 6) is 5.73. The van der Waals surface area contributed by atoms with E-state index in [2.05, 4.69) is 11.8 Å². The molecule has 1 unspecified atom stereocenters. The SMILES string of the molecule is CC(=O)OCCCCC#CCCC(O)(C#N)c1ccccc1. The second-order valence-corrected chi connectivity index (χ2v) is 4.99.